The van der Waals surface area contributed by atoms with Gasteiger partial charge in [0.25, 0.3) is 0 Å². The van der Waals surface area contributed by atoms with Gasteiger partial charge >= 0.3 is 0 Å². The Kier molecular flexibility index (Phi) is 6.62. The van der Waals surface area contributed by atoms with E-state index in [1.165, 1.54) is 5.56 Å². The van der Waals surface area contributed by atoms with Crippen LogP contribution in [0.15, 0.2) is 30.3 Å². The van der Waals surface area contributed by atoms with Crippen LogP contribution in [-0.4, -0.2) is 31.1 Å². The average molecular weight is 656 g/mol. The molecule has 1 radical (unpaired) electrons. The zero-order valence-electron chi connectivity index (χ0n) is 30.1. The van der Waals surface area contributed by atoms with Crippen LogP contribution in [0, 0.1) is 58.8 Å². The zero-order chi connectivity index (χ0) is 31.3. The third-order valence-corrected chi connectivity index (χ3v) is 61.9. The van der Waals surface area contributed by atoms with Crippen molar-refractivity contribution in [3.05, 3.63) is 35.9 Å². The summed E-state index contributed by atoms with van der Waals surface area (Å²) in [5, 5.41) is 0.875. The SMILES string of the molecule is CC(C)(C)[Si](C)(C)[Si]1C2(C3CC4CC(C3)CC2C4)[Si](C#Cc2ccccc2)([Si](C)(C)C(C)(C)C)C12C1CC3CC(C1)CC2C3. The van der Waals surface area contributed by atoms with Gasteiger partial charge in [-0.2, -0.15) is 0 Å². The highest BCUT2D eigenvalue weighted by Crippen LogP contribution is 2.92. The zero-order valence-corrected chi connectivity index (χ0v) is 34.1. The summed E-state index contributed by atoms with van der Waals surface area (Å²) in [7, 11) is -6.32. The summed E-state index contributed by atoms with van der Waals surface area (Å²) in [4.78, 5) is 0. The summed E-state index contributed by atoms with van der Waals surface area (Å²) in [6.45, 7) is 28.3. The third kappa shape index (κ3) is 3.48. The molecule has 0 amide bonds. The van der Waals surface area contributed by atoms with Gasteiger partial charge in [0.15, 0.2) is 0 Å². The first-order valence-electron chi connectivity index (χ1n) is 19.0. The van der Waals surface area contributed by atoms with Gasteiger partial charge in [0.05, 0.1) is 15.9 Å². The van der Waals surface area contributed by atoms with E-state index in [-0.39, 0.29) is 0 Å². The minimum Gasteiger partial charge on any atom is -0.128 e. The van der Waals surface area contributed by atoms with Crippen molar-refractivity contribution in [3.8, 4) is 11.5 Å². The molecule has 2 spiro atoms. The Morgan fingerprint density at radius 3 is 1.34 bits per heavy atom. The molecule has 1 heterocycles. The van der Waals surface area contributed by atoms with E-state index >= 15 is 0 Å². The van der Waals surface area contributed by atoms with E-state index in [9.17, 15) is 0 Å². The van der Waals surface area contributed by atoms with Crippen molar-refractivity contribution in [1.29, 1.82) is 0 Å². The second-order valence-corrected chi connectivity index (χ2v) is 48.4. The molecule has 0 atom stereocenters. The second kappa shape index (κ2) is 9.41. The molecule has 8 bridgehead atoms. The fourth-order valence-electron chi connectivity index (χ4n) is 14.9. The predicted molar refractivity (Wildman–Crippen MR) is 199 cm³/mol. The summed E-state index contributed by atoms with van der Waals surface area (Å²) in [5.41, 5.74) is 6.21. The predicted octanol–water partition coefficient (Wildman–Crippen LogP) is 11.2. The van der Waals surface area contributed by atoms with Crippen LogP contribution in [0.4, 0.5) is 0 Å². The van der Waals surface area contributed by atoms with E-state index in [0.717, 1.165) is 47.3 Å². The highest BCUT2D eigenvalue weighted by atomic mass is 29.3. The smallest absolute Gasteiger partial charge is 0.128 e. The van der Waals surface area contributed by atoms with Gasteiger partial charge in [-0.3, -0.25) is 0 Å². The first-order chi connectivity index (χ1) is 20.5. The van der Waals surface area contributed by atoms with E-state index in [0.29, 0.717) is 19.4 Å². The van der Waals surface area contributed by atoms with Crippen LogP contribution in [0.2, 0.25) is 45.6 Å². The quantitative estimate of drug-likeness (QED) is 0.220. The van der Waals surface area contributed by atoms with E-state index in [1.807, 2.05) is 0 Å². The van der Waals surface area contributed by atoms with Gasteiger partial charge in [0.1, 0.15) is 7.59 Å². The highest BCUT2D eigenvalue weighted by Gasteiger charge is 2.94. The van der Waals surface area contributed by atoms with Crippen LogP contribution in [0.5, 0.6) is 0 Å². The van der Waals surface area contributed by atoms with E-state index in [1.54, 1.807) is 64.2 Å². The van der Waals surface area contributed by atoms with Gasteiger partial charge in [0.2, 0.25) is 0 Å². The first-order valence-corrected chi connectivity index (χ1v) is 30.5. The van der Waals surface area contributed by atoms with Crippen molar-refractivity contribution in [2.24, 2.45) is 47.3 Å². The monoisotopic (exact) mass is 655 g/mol. The van der Waals surface area contributed by atoms with E-state index < -0.39 is 31.1 Å². The van der Waals surface area contributed by atoms with Crippen molar-refractivity contribution < 1.29 is 0 Å². The number of rotatable bonds is 2. The normalized spacial score (nSPS) is 46.0. The fraction of sp³-hybridized carbons (Fsp3) is 0.800. The van der Waals surface area contributed by atoms with Crippen molar-refractivity contribution in [1.82, 2.24) is 0 Å². The second-order valence-electron chi connectivity index (χ2n) is 20.8. The number of hydrogen-bond donors (Lipinski definition) is 0. The van der Waals surface area contributed by atoms with Crippen molar-refractivity contribution in [3.63, 3.8) is 0 Å². The number of benzene rings is 1. The summed E-state index contributed by atoms with van der Waals surface area (Å²) in [5.74, 6) is 12.5. The molecule has 10 rings (SSSR count). The van der Waals surface area contributed by atoms with Crippen LogP contribution in [-0.2, 0) is 0 Å². The van der Waals surface area contributed by atoms with E-state index in [4.69, 9.17) is 5.54 Å². The lowest BCUT2D eigenvalue weighted by atomic mass is 9.54. The fourth-order valence-corrected chi connectivity index (χ4v) is 77.5. The van der Waals surface area contributed by atoms with Crippen LogP contribution in [0.25, 0.3) is 0 Å². The van der Waals surface area contributed by atoms with Gasteiger partial charge in [-0.25, -0.2) is 0 Å². The number of hydrogen-bond acceptors (Lipinski definition) is 0. The Balaban J connectivity index is 1.50. The maximum atomic E-state index is 4.89. The Labute approximate surface area is 275 Å². The summed E-state index contributed by atoms with van der Waals surface area (Å²) in [6.07, 6.45) is 16.0. The van der Waals surface area contributed by atoms with Crippen molar-refractivity contribution >= 4 is 31.1 Å². The maximum Gasteiger partial charge on any atom is 0.137 e. The molecule has 0 unspecified atom stereocenters. The molecule has 1 saturated heterocycles. The molecule has 0 aromatic heterocycles. The minimum atomic E-state index is -2.19. The lowest BCUT2D eigenvalue weighted by molar-refractivity contribution is -0.0389. The largest absolute Gasteiger partial charge is 0.137 e. The Morgan fingerprint density at radius 2 is 1.00 bits per heavy atom. The molecule has 239 valence electrons. The molecular formula is C40H63Si4. The molecule has 8 aliphatic carbocycles. The molecule has 1 aliphatic heterocycles. The van der Waals surface area contributed by atoms with Gasteiger partial charge in [-0.05, 0) is 143 Å². The topological polar surface area (TPSA) is 0 Å². The lowest BCUT2D eigenvalue weighted by Crippen LogP contribution is -2.99. The van der Waals surface area contributed by atoms with Crippen LogP contribution in [0.3, 0.4) is 0 Å². The molecule has 44 heavy (non-hydrogen) atoms. The van der Waals surface area contributed by atoms with E-state index in [2.05, 4.69) is 104 Å². The first kappa shape index (κ1) is 30.9. The molecule has 9 fully saturated rings. The Hall–Kier alpha value is -0.352. The molecule has 9 aliphatic rings. The molecule has 1 aromatic rings. The van der Waals surface area contributed by atoms with Gasteiger partial charge in [-0.15, -0.1) is 5.54 Å². The van der Waals surface area contributed by atoms with Gasteiger partial charge in [0, 0.05) is 13.2 Å². The van der Waals surface area contributed by atoms with Crippen LogP contribution in [0.1, 0.15) is 111 Å². The Bertz CT molecular complexity index is 1270. The third-order valence-electron chi connectivity index (χ3n) is 17.4. The van der Waals surface area contributed by atoms with Crippen LogP contribution < -0.4 is 0 Å². The molecule has 8 saturated carbocycles. The molecular weight excluding hydrogens is 593 g/mol. The molecule has 0 nitrogen and oxygen atoms in total. The summed E-state index contributed by atoms with van der Waals surface area (Å²) in [6, 6.07) is 11.4. The maximum absolute atomic E-state index is 4.89. The van der Waals surface area contributed by atoms with Crippen molar-refractivity contribution in [2.45, 2.75) is 151 Å². The summed E-state index contributed by atoms with van der Waals surface area (Å²) >= 11 is 0. The molecule has 1 aromatic carbocycles. The molecule has 4 heteroatoms. The molecule has 0 N–H and O–H groups in total. The standard InChI is InChI=1S/C40H63Si4/c1-37(2,3)42(7,8)41-39(33-20-29-18-30(22-33)23-34(39)21-29)44(43(9,10)38(4,5)6,17-16-28-14-12-11-13-15-28)40(41)35-24-31-19-32(26-35)27-36(40)25-31/h11-15,29-36H,18-27H2,1-10H3. The lowest BCUT2D eigenvalue weighted by Gasteiger charge is -2.91. The minimum absolute atomic E-state index is 0.398. The Morgan fingerprint density at radius 1 is 0.614 bits per heavy atom. The van der Waals surface area contributed by atoms with Crippen LogP contribution >= 0.6 is 0 Å². The van der Waals surface area contributed by atoms with Gasteiger partial charge in [-0.1, -0.05) is 91.9 Å². The highest BCUT2D eigenvalue weighted by molar-refractivity contribution is 7.62. The van der Waals surface area contributed by atoms with Crippen molar-refractivity contribution in [2.75, 3.05) is 0 Å². The van der Waals surface area contributed by atoms with Gasteiger partial charge < -0.3 is 0 Å². The summed E-state index contributed by atoms with van der Waals surface area (Å²) < 4.78 is 1.35. The average Bonchev–Trinajstić information content (AvgIpc) is 2.90.